The first-order valence-electron chi connectivity index (χ1n) is 10.1. The van der Waals surface area contributed by atoms with Gasteiger partial charge in [-0.25, -0.2) is 9.97 Å². The zero-order chi connectivity index (χ0) is 20.9. The molecule has 0 aliphatic carbocycles. The Balaban J connectivity index is 0.00000181. The van der Waals surface area contributed by atoms with Crippen LogP contribution in [0.4, 0.5) is 11.6 Å². The highest BCUT2D eigenvalue weighted by Gasteiger charge is 2.24. The average molecular weight is 406 g/mol. The molecule has 30 heavy (non-hydrogen) atoms. The Morgan fingerprint density at radius 1 is 1.20 bits per heavy atom. The van der Waals surface area contributed by atoms with Gasteiger partial charge in [-0.05, 0) is 36.8 Å². The minimum Gasteiger partial charge on any atom is -0.383 e. The number of carbonyl (C=O) groups excluding carboxylic acids is 1. The molecule has 3 N–H and O–H groups in total. The van der Waals surface area contributed by atoms with E-state index < -0.39 is 0 Å². The maximum absolute atomic E-state index is 13.2. The van der Waals surface area contributed by atoms with Gasteiger partial charge in [-0.1, -0.05) is 42.5 Å². The number of hydrogen-bond donors (Lipinski definition) is 2. The van der Waals surface area contributed by atoms with E-state index in [9.17, 15) is 4.79 Å². The molecule has 0 spiro atoms. The van der Waals surface area contributed by atoms with Gasteiger partial charge in [0.15, 0.2) is 0 Å². The molecule has 3 aromatic rings. The van der Waals surface area contributed by atoms with Gasteiger partial charge < -0.3 is 16.0 Å². The molecule has 6 heteroatoms. The van der Waals surface area contributed by atoms with Gasteiger partial charge >= 0.3 is 0 Å². The smallest absolute Gasteiger partial charge is 0.215 e. The molecule has 1 atom stereocenters. The highest BCUT2D eigenvalue weighted by Crippen LogP contribution is 2.25. The van der Waals surface area contributed by atoms with Gasteiger partial charge in [-0.3, -0.25) is 4.79 Å². The zero-order valence-corrected chi connectivity index (χ0v) is 17.0. The van der Waals surface area contributed by atoms with Crippen LogP contribution in [0.1, 0.15) is 44.4 Å². The van der Waals surface area contributed by atoms with Crippen molar-refractivity contribution in [1.82, 2.24) is 15.3 Å². The summed E-state index contributed by atoms with van der Waals surface area (Å²) in [5.41, 5.74) is 8.72. The van der Waals surface area contributed by atoms with E-state index in [0.717, 1.165) is 31.0 Å². The number of piperazine rings is 1. The van der Waals surface area contributed by atoms with Crippen LogP contribution in [-0.4, -0.2) is 35.4 Å². The minimum absolute atomic E-state index is 0. The number of benzene rings is 1. The molecule has 4 rings (SSSR count). The molecule has 0 amide bonds. The van der Waals surface area contributed by atoms with Crippen LogP contribution in [0.25, 0.3) is 6.08 Å². The van der Waals surface area contributed by atoms with Crippen LogP contribution in [0.15, 0.2) is 66.9 Å². The summed E-state index contributed by atoms with van der Waals surface area (Å²) in [6.45, 7) is 4.36. The van der Waals surface area contributed by atoms with Crippen molar-refractivity contribution < 1.29 is 9.07 Å². The quantitative estimate of drug-likeness (QED) is 0.619. The Morgan fingerprint density at radius 3 is 2.80 bits per heavy atom. The van der Waals surface area contributed by atoms with Gasteiger partial charge in [0.2, 0.25) is 5.78 Å². The number of nitrogen functional groups attached to an aromatic ring is 1. The summed E-state index contributed by atoms with van der Waals surface area (Å²) in [4.78, 5) is 24.3. The van der Waals surface area contributed by atoms with Crippen LogP contribution in [0.3, 0.4) is 0 Å². The first kappa shape index (κ1) is 19.8. The Kier molecular flexibility index (Phi) is 5.86. The first-order chi connectivity index (χ1) is 14.7. The van der Waals surface area contributed by atoms with Crippen LogP contribution < -0.4 is 16.0 Å². The van der Waals surface area contributed by atoms with Crippen molar-refractivity contribution in [2.45, 2.75) is 13.0 Å². The number of aromatic nitrogens is 2. The fourth-order valence-corrected chi connectivity index (χ4v) is 3.74. The number of nitrogens with two attached hydrogens (primary N) is 1. The molecule has 1 aliphatic heterocycles. The molecule has 1 aliphatic rings. The number of pyridine rings is 2. The second kappa shape index (κ2) is 8.88. The highest BCUT2D eigenvalue weighted by atomic mass is 16.1. The molecular weight excluding hydrogens is 374 g/mol. The summed E-state index contributed by atoms with van der Waals surface area (Å²) in [7, 11) is 0. The van der Waals surface area contributed by atoms with Gasteiger partial charge in [-0.2, -0.15) is 0 Å². The van der Waals surface area contributed by atoms with E-state index in [1.807, 2.05) is 37.3 Å². The number of allylic oxidation sites excluding steroid dienone is 1. The maximum atomic E-state index is 13.2. The monoisotopic (exact) mass is 405 g/mol. The second-order valence-electron chi connectivity index (χ2n) is 7.24. The predicted octanol–water partition coefficient (Wildman–Crippen LogP) is 4.21. The minimum atomic E-state index is -0.217. The summed E-state index contributed by atoms with van der Waals surface area (Å²) < 4.78 is 0. The van der Waals surface area contributed by atoms with Crippen molar-refractivity contribution in [2.75, 3.05) is 30.3 Å². The molecule has 2 aromatic heterocycles. The van der Waals surface area contributed by atoms with Crippen molar-refractivity contribution in [2.24, 2.45) is 0 Å². The molecule has 1 aromatic carbocycles. The summed E-state index contributed by atoms with van der Waals surface area (Å²) in [5, 5.41) is 3.57. The SMILES string of the molecule is C/C=C/c1ccc(N2CCNC(c3ccccc3)C2)nc1C(=O)c1cccnc1N.[HH].[HH].[HH]. The molecule has 0 saturated carbocycles. The molecule has 158 valence electrons. The fraction of sp³-hybridized carbons (Fsp3) is 0.208. The van der Waals surface area contributed by atoms with Crippen molar-refractivity contribution >= 4 is 23.5 Å². The largest absolute Gasteiger partial charge is 0.383 e. The number of anilines is 2. The van der Waals surface area contributed by atoms with Crippen LogP contribution in [0.2, 0.25) is 0 Å². The lowest BCUT2D eigenvalue weighted by Crippen LogP contribution is -2.46. The molecule has 1 unspecified atom stereocenters. The van der Waals surface area contributed by atoms with Crippen molar-refractivity contribution in [3.05, 3.63) is 89.3 Å². The Bertz CT molecular complexity index is 1080. The number of ketones is 1. The maximum Gasteiger partial charge on any atom is 0.215 e. The third-order valence-corrected chi connectivity index (χ3v) is 5.26. The van der Waals surface area contributed by atoms with Gasteiger partial charge in [0, 0.05) is 41.7 Å². The molecule has 3 heterocycles. The van der Waals surface area contributed by atoms with E-state index in [1.165, 1.54) is 5.56 Å². The van der Waals surface area contributed by atoms with Crippen LogP contribution in [0, 0.1) is 0 Å². The number of nitrogens with zero attached hydrogens (tertiary/aromatic N) is 3. The Labute approximate surface area is 180 Å². The molecular formula is C24H31N5O. The molecule has 6 nitrogen and oxygen atoms in total. The first-order valence-corrected chi connectivity index (χ1v) is 10.1. The van der Waals surface area contributed by atoms with Gasteiger partial charge in [-0.15, -0.1) is 0 Å². The number of rotatable bonds is 5. The molecule has 0 radical (unpaired) electrons. The normalized spacial score (nSPS) is 16.7. The molecule has 0 bridgehead atoms. The lowest BCUT2D eigenvalue weighted by molar-refractivity contribution is 0.103. The predicted molar refractivity (Wildman–Crippen MR) is 127 cm³/mol. The Hall–Kier alpha value is -3.51. The average Bonchev–Trinajstić information content (AvgIpc) is 2.80. The van der Waals surface area contributed by atoms with E-state index in [-0.39, 0.29) is 21.9 Å². The van der Waals surface area contributed by atoms with E-state index in [4.69, 9.17) is 10.7 Å². The van der Waals surface area contributed by atoms with Gasteiger partial charge in [0.25, 0.3) is 0 Å². The second-order valence-corrected chi connectivity index (χ2v) is 7.24. The topological polar surface area (TPSA) is 84.1 Å². The summed E-state index contributed by atoms with van der Waals surface area (Å²) in [6.07, 6.45) is 5.37. The summed E-state index contributed by atoms with van der Waals surface area (Å²) in [5.74, 6) is 0.786. The highest BCUT2D eigenvalue weighted by molar-refractivity contribution is 6.12. The van der Waals surface area contributed by atoms with E-state index >= 15 is 0 Å². The lowest BCUT2D eigenvalue weighted by atomic mass is 10.0. The molecule has 1 fully saturated rings. The number of nitrogens with one attached hydrogen (secondary N) is 1. The van der Waals surface area contributed by atoms with Crippen LogP contribution in [0.5, 0.6) is 0 Å². The standard InChI is InChI=1S/C24H25N5O.3H2/c1-2-7-18-11-12-21(28-22(18)23(30)19-10-6-13-27-24(19)25)29-15-14-26-20(16-29)17-8-4-3-5-9-17;;;/h2-13,20,26H,14-16H2,1H3,(H2,25,27);3*1H/b7-2+;;;. The molecule has 1 saturated heterocycles. The van der Waals surface area contributed by atoms with E-state index in [1.54, 1.807) is 18.3 Å². The number of hydrogen-bond acceptors (Lipinski definition) is 6. The van der Waals surface area contributed by atoms with Crippen molar-refractivity contribution in [3.63, 3.8) is 0 Å². The van der Waals surface area contributed by atoms with Gasteiger partial charge in [0.05, 0.1) is 5.56 Å². The van der Waals surface area contributed by atoms with E-state index in [0.29, 0.717) is 11.3 Å². The number of carbonyl (C=O) groups is 1. The summed E-state index contributed by atoms with van der Waals surface area (Å²) >= 11 is 0. The van der Waals surface area contributed by atoms with E-state index in [2.05, 4.69) is 39.5 Å². The van der Waals surface area contributed by atoms with Crippen molar-refractivity contribution in [3.8, 4) is 0 Å². The fourth-order valence-electron chi connectivity index (χ4n) is 3.74. The van der Waals surface area contributed by atoms with Crippen molar-refractivity contribution in [1.29, 1.82) is 0 Å². The zero-order valence-electron chi connectivity index (χ0n) is 17.0. The lowest BCUT2D eigenvalue weighted by Gasteiger charge is -2.35. The Morgan fingerprint density at radius 2 is 2.03 bits per heavy atom. The summed E-state index contributed by atoms with van der Waals surface area (Å²) in [6, 6.07) is 17.9. The van der Waals surface area contributed by atoms with Crippen LogP contribution >= 0.6 is 0 Å². The third kappa shape index (κ3) is 4.09. The van der Waals surface area contributed by atoms with Gasteiger partial charge in [0.1, 0.15) is 17.3 Å². The van der Waals surface area contributed by atoms with Crippen LogP contribution in [-0.2, 0) is 0 Å². The third-order valence-electron chi connectivity index (χ3n) is 5.26.